The number of rotatable bonds is 7. The summed E-state index contributed by atoms with van der Waals surface area (Å²) >= 11 is 0. The van der Waals surface area contributed by atoms with Crippen molar-refractivity contribution in [2.45, 2.75) is 13.0 Å². The minimum atomic E-state index is -0.363. The summed E-state index contributed by atoms with van der Waals surface area (Å²) in [5, 5.41) is 0. The van der Waals surface area contributed by atoms with Crippen LogP contribution in [-0.2, 0) is 14.3 Å². The molecule has 1 fully saturated rings. The summed E-state index contributed by atoms with van der Waals surface area (Å²) in [5.41, 5.74) is 0.838. The number of ether oxygens (including phenoxy) is 4. The van der Waals surface area contributed by atoms with Crippen molar-refractivity contribution in [1.82, 2.24) is 0 Å². The zero-order valence-electron chi connectivity index (χ0n) is 11.6. The van der Waals surface area contributed by atoms with E-state index in [-0.39, 0.29) is 12.1 Å². The predicted octanol–water partition coefficient (Wildman–Crippen LogP) is 2.05. The molecule has 0 aliphatic carbocycles. The van der Waals surface area contributed by atoms with E-state index in [4.69, 9.17) is 18.9 Å². The van der Waals surface area contributed by atoms with Crippen LogP contribution in [0.25, 0.3) is 6.08 Å². The molecule has 0 radical (unpaired) electrons. The summed E-state index contributed by atoms with van der Waals surface area (Å²) in [7, 11) is 1.58. The number of hydrogen-bond donors (Lipinski definition) is 0. The number of carbonyl (C=O) groups is 1. The summed E-state index contributed by atoms with van der Waals surface area (Å²) in [6, 6.07) is 5.46. The Labute approximate surface area is 118 Å². The molecule has 0 saturated carbocycles. The number of esters is 1. The molecule has 0 spiro atoms. The first kappa shape index (κ1) is 14.4. The van der Waals surface area contributed by atoms with Crippen LogP contribution in [0.2, 0.25) is 0 Å². The van der Waals surface area contributed by atoms with E-state index in [0.717, 1.165) is 12.2 Å². The Morgan fingerprint density at radius 2 is 2.25 bits per heavy atom. The molecule has 20 heavy (non-hydrogen) atoms. The fourth-order valence-electron chi connectivity index (χ4n) is 1.61. The molecule has 1 heterocycles. The smallest absolute Gasteiger partial charge is 0.330 e. The highest BCUT2D eigenvalue weighted by molar-refractivity contribution is 5.87. The summed E-state index contributed by atoms with van der Waals surface area (Å²) < 4.78 is 20.8. The Hall–Kier alpha value is -2.01. The first-order valence-corrected chi connectivity index (χ1v) is 6.50. The first-order chi connectivity index (χ1) is 9.72. The van der Waals surface area contributed by atoms with Crippen LogP contribution in [-0.4, -0.2) is 39.0 Å². The number of hydrogen-bond acceptors (Lipinski definition) is 5. The molecule has 1 unspecified atom stereocenters. The quantitative estimate of drug-likeness (QED) is 0.434. The van der Waals surface area contributed by atoms with Crippen LogP contribution in [0, 0.1) is 0 Å². The Morgan fingerprint density at radius 1 is 1.45 bits per heavy atom. The van der Waals surface area contributed by atoms with Crippen molar-refractivity contribution in [3.8, 4) is 11.5 Å². The largest absolute Gasteiger partial charge is 0.493 e. The van der Waals surface area contributed by atoms with Gasteiger partial charge in [-0.25, -0.2) is 4.79 Å². The molecule has 1 aliphatic heterocycles. The van der Waals surface area contributed by atoms with Crippen molar-refractivity contribution < 1.29 is 23.7 Å². The molecular formula is C15H18O5. The van der Waals surface area contributed by atoms with E-state index >= 15 is 0 Å². The second-order valence-electron chi connectivity index (χ2n) is 4.26. The molecular weight excluding hydrogens is 260 g/mol. The monoisotopic (exact) mass is 278 g/mol. The molecule has 1 aromatic carbocycles. The van der Waals surface area contributed by atoms with E-state index < -0.39 is 0 Å². The van der Waals surface area contributed by atoms with Crippen LogP contribution in [0.1, 0.15) is 12.5 Å². The zero-order chi connectivity index (χ0) is 14.4. The van der Waals surface area contributed by atoms with E-state index in [0.29, 0.717) is 24.7 Å². The van der Waals surface area contributed by atoms with Crippen LogP contribution >= 0.6 is 0 Å². The van der Waals surface area contributed by atoms with Gasteiger partial charge in [0.25, 0.3) is 0 Å². The number of carbonyl (C=O) groups excluding carboxylic acids is 1. The number of benzene rings is 1. The van der Waals surface area contributed by atoms with Gasteiger partial charge < -0.3 is 18.9 Å². The van der Waals surface area contributed by atoms with Gasteiger partial charge in [-0.1, -0.05) is 6.07 Å². The van der Waals surface area contributed by atoms with E-state index in [2.05, 4.69) is 0 Å². The average Bonchev–Trinajstić information content (AvgIpc) is 3.27. The molecule has 5 heteroatoms. The van der Waals surface area contributed by atoms with Crippen molar-refractivity contribution in [1.29, 1.82) is 0 Å². The summed E-state index contributed by atoms with van der Waals surface area (Å²) in [6.45, 7) is 3.41. The standard InChI is InChI=1S/C15H18O5/c1-3-18-15(16)7-5-11-4-6-13(14(8-11)17-2)20-10-12-9-19-12/h4-8,12H,3,9-10H2,1-2H3. The first-order valence-electron chi connectivity index (χ1n) is 6.50. The molecule has 1 aliphatic rings. The van der Waals surface area contributed by atoms with Crippen molar-refractivity contribution in [3.63, 3.8) is 0 Å². The minimum Gasteiger partial charge on any atom is -0.493 e. The molecule has 2 rings (SSSR count). The van der Waals surface area contributed by atoms with E-state index in [1.54, 1.807) is 26.2 Å². The van der Waals surface area contributed by atoms with Crippen molar-refractivity contribution in [2.75, 3.05) is 26.9 Å². The highest BCUT2D eigenvalue weighted by Crippen LogP contribution is 2.29. The summed E-state index contributed by atoms with van der Waals surface area (Å²) in [5.74, 6) is 0.922. The van der Waals surface area contributed by atoms with Gasteiger partial charge in [-0.15, -0.1) is 0 Å². The average molecular weight is 278 g/mol. The van der Waals surface area contributed by atoms with Crippen LogP contribution in [0.15, 0.2) is 24.3 Å². The second kappa shape index (κ2) is 6.96. The molecule has 5 nitrogen and oxygen atoms in total. The summed E-state index contributed by atoms with van der Waals surface area (Å²) in [6.07, 6.45) is 3.26. The molecule has 108 valence electrons. The number of methoxy groups -OCH3 is 1. The van der Waals surface area contributed by atoms with Gasteiger partial charge in [-0.05, 0) is 30.7 Å². The fourth-order valence-corrected chi connectivity index (χ4v) is 1.61. The Balaban J connectivity index is 2.01. The van der Waals surface area contributed by atoms with Crippen LogP contribution in [0.4, 0.5) is 0 Å². The minimum absolute atomic E-state index is 0.197. The molecule has 1 atom stereocenters. The van der Waals surface area contributed by atoms with E-state index in [1.165, 1.54) is 6.08 Å². The normalized spacial score (nSPS) is 17.0. The van der Waals surface area contributed by atoms with Crippen molar-refractivity contribution in [3.05, 3.63) is 29.8 Å². The lowest BCUT2D eigenvalue weighted by molar-refractivity contribution is -0.137. The van der Waals surface area contributed by atoms with Gasteiger partial charge in [0.1, 0.15) is 12.7 Å². The Kier molecular flexibility index (Phi) is 5.01. The molecule has 0 bridgehead atoms. The molecule has 0 N–H and O–H groups in total. The van der Waals surface area contributed by atoms with Gasteiger partial charge in [0.05, 0.1) is 20.3 Å². The lowest BCUT2D eigenvalue weighted by Gasteiger charge is -2.10. The maximum absolute atomic E-state index is 11.2. The summed E-state index contributed by atoms with van der Waals surface area (Å²) in [4.78, 5) is 11.2. The van der Waals surface area contributed by atoms with Gasteiger partial charge >= 0.3 is 5.97 Å². The van der Waals surface area contributed by atoms with Crippen LogP contribution < -0.4 is 9.47 Å². The maximum atomic E-state index is 11.2. The topological polar surface area (TPSA) is 57.3 Å². The number of epoxide rings is 1. The maximum Gasteiger partial charge on any atom is 0.330 e. The Bertz CT molecular complexity index is 491. The third kappa shape index (κ3) is 4.28. The Morgan fingerprint density at radius 3 is 2.90 bits per heavy atom. The van der Waals surface area contributed by atoms with Gasteiger partial charge in [-0.2, -0.15) is 0 Å². The second-order valence-corrected chi connectivity index (χ2v) is 4.26. The zero-order valence-corrected chi connectivity index (χ0v) is 11.6. The third-order valence-corrected chi connectivity index (χ3v) is 2.71. The molecule has 1 aromatic rings. The highest BCUT2D eigenvalue weighted by Gasteiger charge is 2.23. The molecule has 0 aromatic heterocycles. The van der Waals surface area contributed by atoms with Gasteiger partial charge in [0, 0.05) is 6.08 Å². The van der Waals surface area contributed by atoms with Gasteiger partial charge in [0.15, 0.2) is 11.5 Å². The predicted molar refractivity (Wildman–Crippen MR) is 73.9 cm³/mol. The molecule has 1 saturated heterocycles. The third-order valence-electron chi connectivity index (χ3n) is 2.71. The lowest BCUT2D eigenvalue weighted by Crippen LogP contribution is -2.05. The van der Waals surface area contributed by atoms with Crippen LogP contribution in [0.3, 0.4) is 0 Å². The van der Waals surface area contributed by atoms with Crippen molar-refractivity contribution in [2.24, 2.45) is 0 Å². The van der Waals surface area contributed by atoms with Crippen molar-refractivity contribution >= 4 is 12.0 Å². The SMILES string of the molecule is CCOC(=O)C=Cc1ccc(OCC2CO2)c(OC)c1. The van der Waals surface area contributed by atoms with Crippen LogP contribution in [0.5, 0.6) is 11.5 Å². The highest BCUT2D eigenvalue weighted by atomic mass is 16.6. The lowest BCUT2D eigenvalue weighted by atomic mass is 10.2. The molecule has 0 amide bonds. The fraction of sp³-hybridized carbons (Fsp3) is 0.400. The van der Waals surface area contributed by atoms with Gasteiger partial charge in [-0.3, -0.25) is 0 Å². The van der Waals surface area contributed by atoms with E-state index in [1.807, 2.05) is 12.1 Å². The van der Waals surface area contributed by atoms with E-state index in [9.17, 15) is 4.79 Å². The van der Waals surface area contributed by atoms with Gasteiger partial charge in [0.2, 0.25) is 0 Å².